The van der Waals surface area contributed by atoms with Gasteiger partial charge in [-0.2, -0.15) is 0 Å². The van der Waals surface area contributed by atoms with E-state index in [-0.39, 0.29) is 18.4 Å². The maximum Gasteiger partial charge on any atom is 0.251 e. The summed E-state index contributed by atoms with van der Waals surface area (Å²) in [5.74, 6) is -0.256. The number of aliphatic hydroxyl groups is 1. The maximum atomic E-state index is 11.9. The summed E-state index contributed by atoms with van der Waals surface area (Å²) < 4.78 is 0. The summed E-state index contributed by atoms with van der Waals surface area (Å²) in [7, 11) is 1.62. The Morgan fingerprint density at radius 2 is 2.19 bits per heavy atom. The molecule has 1 fully saturated rings. The summed E-state index contributed by atoms with van der Waals surface area (Å²) in [6.45, 7) is 0.204. The third kappa shape index (κ3) is 4.72. The van der Waals surface area contributed by atoms with E-state index in [0.717, 1.165) is 12.8 Å². The van der Waals surface area contributed by atoms with Gasteiger partial charge in [-0.1, -0.05) is 17.7 Å². The smallest absolute Gasteiger partial charge is 0.251 e. The van der Waals surface area contributed by atoms with Crippen LogP contribution in [0.25, 0.3) is 0 Å². The van der Waals surface area contributed by atoms with Crippen molar-refractivity contribution in [3.8, 4) is 0 Å². The first kappa shape index (κ1) is 15.8. The number of hydrogen-bond acceptors (Lipinski definition) is 3. The summed E-state index contributed by atoms with van der Waals surface area (Å²) in [5, 5.41) is 12.8. The summed E-state index contributed by atoms with van der Waals surface area (Å²) in [6.07, 6.45) is 1.58. The van der Waals surface area contributed by atoms with E-state index >= 15 is 0 Å². The Hall–Kier alpha value is -1.59. The number of hydrogen-bond donors (Lipinski definition) is 2. The number of nitrogens with zero attached hydrogens (tertiary/aromatic N) is 1. The predicted molar refractivity (Wildman–Crippen MR) is 80.2 cm³/mol. The van der Waals surface area contributed by atoms with Crippen molar-refractivity contribution in [3.05, 3.63) is 34.9 Å². The minimum Gasteiger partial charge on any atom is -0.391 e. The first-order valence-electron chi connectivity index (χ1n) is 6.93. The van der Waals surface area contributed by atoms with Crippen molar-refractivity contribution in [1.82, 2.24) is 10.2 Å². The van der Waals surface area contributed by atoms with Gasteiger partial charge in [0.1, 0.15) is 0 Å². The molecule has 1 atom stereocenters. The number of rotatable bonds is 6. The van der Waals surface area contributed by atoms with Crippen LogP contribution in [0, 0.1) is 5.92 Å². The maximum absolute atomic E-state index is 11.9. The normalized spacial score (nSPS) is 15.4. The highest BCUT2D eigenvalue weighted by Crippen LogP contribution is 2.32. The second-order valence-electron chi connectivity index (χ2n) is 5.37. The van der Waals surface area contributed by atoms with Gasteiger partial charge in [-0.25, -0.2) is 0 Å². The van der Waals surface area contributed by atoms with E-state index < -0.39 is 6.10 Å². The number of halogens is 1. The molecule has 0 saturated heterocycles. The molecule has 2 amide bonds. The largest absolute Gasteiger partial charge is 0.391 e. The lowest BCUT2D eigenvalue weighted by Crippen LogP contribution is -2.41. The van der Waals surface area contributed by atoms with E-state index in [2.05, 4.69) is 5.32 Å². The van der Waals surface area contributed by atoms with Gasteiger partial charge in [0.05, 0.1) is 12.6 Å². The molecule has 114 valence electrons. The van der Waals surface area contributed by atoms with E-state index in [4.69, 9.17) is 11.6 Å². The van der Waals surface area contributed by atoms with Crippen LogP contribution in [-0.4, -0.2) is 48.1 Å². The fourth-order valence-corrected chi connectivity index (χ4v) is 2.23. The molecule has 1 saturated carbocycles. The second kappa shape index (κ2) is 6.91. The SMILES string of the molecule is CN(CC(O)C1CC1)C(=O)CNC(=O)c1cccc(Cl)c1. The highest BCUT2D eigenvalue weighted by atomic mass is 35.5. The van der Waals surface area contributed by atoms with Crippen LogP contribution in [0.2, 0.25) is 5.02 Å². The number of aliphatic hydroxyl groups excluding tert-OH is 1. The van der Waals surface area contributed by atoms with Gasteiger partial charge in [-0.3, -0.25) is 9.59 Å². The molecular weight excluding hydrogens is 292 g/mol. The van der Waals surface area contributed by atoms with Crippen LogP contribution < -0.4 is 5.32 Å². The van der Waals surface area contributed by atoms with Gasteiger partial charge in [0, 0.05) is 24.2 Å². The summed E-state index contributed by atoms with van der Waals surface area (Å²) in [5.41, 5.74) is 0.413. The Bertz CT molecular complexity index is 531. The van der Waals surface area contributed by atoms with Crippen LogP contribution in [0.5, 0.6) is 0 Å². The third-order valence-corrected chi connectivity index (χ3v) is 3.77. The Morgan fingerprint density at radius 1 is 1.48 bits per heavy atom. The summed E-state index contributed by atoms with van der Waals surface area (Å²) >= 11 is 5.81. The van der Waals surface area contributed by atoms with Crippen LogP contribution >= 0.6 is 11.6 Å². The van der Waals surface area contributed by atoms with E-state index in [1.54, 1.807) is 31.3 Å². The molecule has 0 bridgehead atoms. The molecule has 1 aromatic carbocycles. The lowest BCUT2D eigenvalue weighted by Gasteiger charge is -2.20. The van der Waals surface area contributed by atoms with E-state index in [1.165, 1.54) is 4.90 Å². The first-order chi connectivity index (χ1) is 9.97. The average molecular weight is 311 g/mol. The summed E-state index contributed by atoms with van der Waals surface area (Å²) in [6, 6.07) is 6.53. The predicted octanol–water partition coefficient (Wildman–Crippen LogP) is 1.30. The number of carbonyl (C=O) groups is 2. The fourth-order valence-electron chi connectivity index (χ4n) is 2.04. The average Bonchev–Trinajstić information content (AvgIpc) is 3.28. The zero-order valence-corrected chi connectivity index (χ0v) is 12.6. The molecule has 5 nitrogen and oxygen atoms in total. The van der Waals surface area contributed by atoms with Crippen molar-refractivity contribution in [2.75, 3.05) is 20.1 Å². The Balaban J connectivity index is 1.78. The molecule has 0 heterocycles. The van der Waals surface area contributed by atoms with Gasteiger partial charge < -0.3 is 15.3 Å². The number of benzene rings is 1. The number of carbonyl (C=O) groups excluding carboxylic acids is 2. The van der Waals surface area contributed by atoms with Gasteiger partial charge >= 0.3 is 0 Å². The minimum absolute atomic E-state index is 0.0980. The van der Waals surface area contributed by atoms with Gasteiger partial charge in [0.2, 0.25) is 5.91 Å². The highest BCUT2D eigenvalue weighted by Gasteiger charge is 2.31. The molecule has 21 heavy (non-hydrogen) atoms. The topological polar surface area (TPSA) is 69.6 Å². The van der Waals surface area contributed by atoms with Gasteiger partial charge in [0.15, 0.2) is 0 Å². The molecule has 1 aliphatic rings. The van der Waals surface area contributed by atoms with Crippen molar-refractivity contribution in [1.29, 1.82) is 0 Å². The standard InChI is InChI=1S/C15H19ClN2O3/c1-18(9-13(19)10-5-6-10)14(20)8-17-15(21)11-3-2-4-12(16)7-11/h2-4,7,10,13,19H,5-6,8-9H2,1H3,(H,17,21). The lowest BCUT2D eigenvalue weighted by atomic mass is 10.2. The Labute approximate surface area is 128 Å². The van der Waals surface area contributed by atoms with Crippen molar-refractivity contribution >= 4 is 23.4 Å². The Kier molecular flexibility index (Phi) is 5.20. The molecule has 1 aromatic rings. The molecule has 0 radical (unpaired) electrons. The Morgan fingerprint density at radius 3 is 2.81 bits per heavy atom. The number of nitrogens with one attached hydrogen (secondary N) is 1. The molecule has 0 spiro atoms. The number of amides is 2. The van der Waals surface area contributed by atoms with Crippen molar-refractivity contribution < 1.29 is 14.7 Å². The van der Waals surface area contributed by atoms with Crippen LogP contribution in [-0.2, 0) is 4.79 Å². The molecule has 2 N–H and O–H groups in total. The van der Waals surface area contributed by atoms with Gasteiger partial charge in [-0.05, 0) is 37.0 Å². The quantitative estimate of drug-likeness (QED) is 0.832. The van der Waals surface area contributed by atoms with Crippen LogP contribution in [0.3, 0.4) is 0 Å². The second-order valence-corrected chi connectivity index (χ2v) is 5.81. The zero-order chi connectivity index (χ0) is 15.4. The van der Waals surface area contributed by atoms with E-state index in [1.807, 2.05) is 0 Å². The molecule has 2 rings (SSSR count). The zero-order valence-electron chi connectivity index (χ0n) is 11.9. The first-order valence-corrected chi connectivity index (χ1v) is 7.31. The molecular formula is C15H19ClN2O3. The number of likely N-dealkylation sites (N-methyl/N-ethyl adjacent to an activating group) is 1. The summed E-state index contributed by atoms with van der Waals surface area (Å²) in [4.78, 5) is 25.2. The van der Waals surface area contributed by atoms with E-state index in [9.17, 15) is 14.7 Å². The lowest BCUT2D eigenvalue weighted by molar-refractivity contribution is -0.130. The van der Waals surface area contributed by atoms with Gasteiger partial charge in [-0.15, -0.1) is 0 Å². The van der Waals surface area contributed by atoms with Crippen LogP contribution in [0.4, 0.5) is 0 Å². The van der Waals surface area contributed by atoms with Crippen molar-refractivity contribution in [2.24, 2.45) is 5.92 Å². The minimum atomic E-state index is -0.470. The van der Waals surface area contributed by atoms with Crippen molar-refractivity contribution in [2.45, 2.75) is 18.9 Å². The van der Waals surface area contributed by atoms with Gasteiger partial charge in [0.25, 0.3) is 5.91 Å². The van der Waals surface area contributed by atoms with Crippen LogP contribution in [0.15, 0.2) is 24.3 Å². The molecule has 6 heteroatoms. The van der Waals surface area contributed by atoms with E-state index in [0.29, 0.717) is 23.0 Å². The highest BCUT2D eigenvalue weighted by molar-refractivity contribution is 6.30. The monoisotopic (exact) mass is 310 g/mol. The van der Waals surface area contributed by atoms with Crippen LogP contribution in [0.1, 0.15) is 23.2 Å². The molecule has 1 aliphatic carbocycles. The molecule has 0 aliphatic heterocycles. The fraction of sp³-hybridized carbons (Fsp3) is 0.467. The molecule has 1 unspecified atom stereocenters. The molecule has 0 aromatic heterocycles. The van der Waals surface area contributed by atoms with Crippen molar-refractivity contribution in [3.63, 3.8) is 0 Å². The third-order valence-electron chi connectivity index (χ3n) is 3.54.